The molecule has 0 aromatic heterocycles. The monoisotopic (exact) mass is 432 g/mol. The van der Waals surface area contributed by atoms with Gasteiger partial charge in [-0.25, -0.2) is 5.01 Å². The van der Waals surface area contributed by atoms with Crippen molar-refractivity contribution in [3.05, 3.63) is 69.8 Å². The van der Waals surface area contributed by atoms with Gasteiger partial charge in [0.25, 0.3) is 5.91 Å². The fourth-order valence-electron chi connectivity index (χ4n) is 4.72. The van der Waals surface area contributed by atoms with Crippen LogP contribution in [0.4, 0.5) is 0 Å². The van der Waals surface area contributed by atoms with E-state index in [1.807, 2.05) is 0 Å². The molecule has 0 unspecified atom stereocenters. The van der Waals surface area contributed by atoms with Gasteiger partial charge in [-0.2, -0.15) is 5.10 Å². The van der Waals surface area contributed by atoms with Crippen LogP contribution >= 0.6 is 0 Å². The van der Waals surface area contributed by atoms with Gasteiger partial charge in [-0.3, -0.25) is 9.69 Å². The van der Waals surface area contributed by atoms with Crippen LogP contribution in [0.1, 0.15) is 52.8 Å². The summed E-state index contributed by atoms with van der Waals surface area (Å²) >= 11 is 0. The molecule has 2 aliphatic rings. The summed E-state index contributed by atoms with van der Waals surface area (Å²) in [6.45, 7) is 16.2. The van der Waals surface area contributed by atoms with Crippen molar-refractivity contribution in [1.82, 2.24) is 14.8 Å². The number of amides is 1. The molecule has 0 bridgehead atoms. The molecule has 4 rings (SSSR count). The van der Waals surface area contributed by atoms with Crippen molar-refractivity contribution in [2.24, 2.45) is 5.10 Å². The SMILES string of the molecule is CCN1CCN(CC(=O)N2N=C(c3ccc(C)c(C)c3)C[C@@H]2c2cc(C)ccc2C)CC1. The first-order valence-electron chi connectivity index (χ1n) is 11.8. The maximum Gasteiger partial charge on any atom is 0.257 e. The molecule has 0 saturated carbocycles. The Labute approximate surface area is 192 Å². The second kappa shape index (κ2) is 9.55. The van der Waals surface area contributed by atoms with Gasteiger partial charge in [-0.05, 0) is 68.1 Å². The molecule has 2 heterocycles. The van der Waals surface area contributed by atoms with Crippen LogP contribution < -0.4 is 0 Å². The lowest BCUT2D eigenvalue weighted by molar-refractivity contribution is -0.134. The Morgan fingerprint density at radius 1 is 0.906 bits per heavy atom. The lowest BCUT2D eigenvalue weighted by Gasteiger charge is -2.34. The third-order valence-electron chi connectivity index (χ3n) is 7.07. The topological polar surface area (TPSA) is 39.1 Å². The van der Waals surface area contributed by atoms with Crippen molar-refractivity contribution in [3.8, 4) is 0 Å². The second-order valence-corrected chi connectivity index (χ2v) is 9.37. The molecule has 1 atom stereocenters. The highest BCUT2D eigenvalue weighted by Gasteiger charge is 2.35. The molecule has 2 aromatic carbocycles. The van der Waals surface area contributed by atoms with Crippen molar-refractivity contribution >= 4 is 11.6 Å². The van der Waals surface area contributed by atoms with E-state index in [4.69, 9.17) is 5.10 Å². The number of rotatable bonds is 5. The van der Waals surface area contributed by atoms with E-state index in [9.17, 15) is 4.79 Å². The summed E-state index contributed by atoms with van der Waals surface area (Å²) in [5.41, 5.74) is 8.29. The Bertz CT molecular complexity index is 1020. The van der Waals surface area contributed by atoms with Gasteiger partial charge in [0.05, 0.1) is 18.3 Å². The number of piperazine rings is 1. The highest BCUT2D eigenvalue weighted by Crippen LogP contribution is 2.35. The molecule has 2 aliphatic heterocycles. The standard InChI is InChI=1S/C27H36N4O/c1-6-29-11-13-30(14-12-29)18-27(32)31-26(24-15-19(2)7-8-21(24)4)17-25(28-31)23-10-9-20(3)22(5)16-23/h7-10,15-16,26H,6,11-14,17-18H2,1-5H3/t26-/m1/s1. The van der Waals surface area contributed by atoms with Gasteiger partial charge in [0.1, 0.15) is 0 Å². The molecule has 170 valence electrons. The zero-order valence-corrected chi connectivity index (χ0v) is 20.2. The number of hydrazone groups is 1. The number of nitrogens with zero attached hydrogens (tertiary/aromatic N) is 4. The van der Waals surface area contributed by atoms with Crippen LogP contribution in [0.3, 0.4) is 0 Å². The summed E-state index contributed by atoms with van der Waals surface area (Å²) in [5, 5.41) is 6.69. The lowest BCUT2D eigenvalue weighted by Crippen LogP contribution is -2.49. The summed E-state index contributed by atoms with van der Waals surface area (Å²) in [5.74, 6) is 0.0969. The summed E-state index contributed by atoms with van der Waals surface area (Å²) in [4.78, 5) is 18.2. The fourth-order valence-corrected chi connectivity index (χ4v) is 4.72. The number of benzene rings is 2. The maximum atomic E-state index is 13.5. The van der Waals surface area contributed by atoms with Gasteiger partial charge in [0, 0.05) is 32.6 Å². The number of likely N-dealkylation sites (N-methyl/N-ethyl adjacent to an activating group) is 1. The van der Waals surface area contributed by atoms with Crippen molar-refractivity contribution < 1.29 is 4.79 Å². The van der Waals surface area contributed by atoms with Crippen LogP contribution in [0.2, 0.25) is 0 Å². The summed E-state index contributed by atoms with van der Waals surface area (Å²) < 4.78 is 0. The van der Waals surface area contributed by atoms with E-state index in [1.165, 1.54) is 27.8 Å². The quantitative estimate of drug-likeness (QED) is 0.710. The minimum atomic E-state index is -0.0454. The smallest absolute Gasteiger partial charge is 0.257 e. The van der Waals surface area contributed by atoms with E-state index in [0.29, 0.717) is 6.54 Å². The molecule has 5 nitrogen and oxygen atoms in total. The van der Waals surface area contributed by atoms with Crippen molar-refractivity contribution in [1.29, 1.82) is 0 Å². The Hall–Kier alpha value is -2.50. The molecule has 1 fully saturated rings. The molecule has 0 radical (unpaired) electrons. The molecule has 1 saturated heterocycles. The number of hydrogen-bond donors (Lipinski definition) is 0. The van der Waals surface area contributed by atoms with E-state index in [1.54, 1.807) is 5.01 Å². The Morgan fingerprint density at radius 2 is 1.59 bits per heavy atom. The summed E-state index contributed by atoms with van der Waals surface area (Å²) in [6.07, 6.45) is 0.752. The molecule has 2 aromatic rings. The van der Waals surface area contributed by atoms with E-state index >= 15 is 0 Å². The number of aryl methyl sites for hydroxylation is 4. The van der Waals surface area contributed by atoms with Gasteiger partial charge in [-0.15, -0.1) is 0 Å². The minimum Gasteiger partial charge on any atom is -0.301 e. The molecule has 0 aliphatic carbocycles. The van der Waals surface area contributed by atoms with Crippen LogP contribution in [-0.4, -0.2) is 65.7 Å². The normalized spacial score (nSPS) is 20.0. The van der Waals surface area contributed by atoms with Crippen molar-refractivity contribution in [2.75, 3.05) is 39.3 Å². The largest absolute Gasteiger partial charge is 0.301 e. The molecule has 32 heavy (non-hydrogen) atoms. The lowest BCUT2D eigenvalue weighted by atomic mass is 9.93. The second-order valence-electron chi connectivity index (χ2n) is 9.37. The molecule has 0 N–H and O–H groups in total. The van der Waals surface area contributed by atoms with Gasteiger partial charge in [0.15, 0.2) is 0 Å². The van der Waals surface area contributed by atoms with E-state index in [0.717, 1.165) is 50.4 Å². The first-order valence-corrected chi connectivity index (χ1v) is 11.8. The molecule has 0 spiro atoms. The number of carbonyl (C=O) groups excluding carboxylic acids is 1. The molecular formula is C27H36N4O. The summed E-state index contributed by atoms with van der Waals surface area (Å²) in [7, 11) is 0. The predicted octanol–water partition coefficient (Wildman–Crippen LogP) is 4.24. The summed E-state index contributed by atoms with van der Waals surface area (Å²) in [6, 6.07) is 13.0. The number of carbonyl (C=O) groups is 1. The van der Waals surface area contributed by atoms with Crippen molar-refractivity contribution in [2.45, 2.75) is 47.1 Å². The van der Waals surface area contributed by atoms with E-state index < -0.39 is 0 Å². The fraction of sp³-hybridized carbons (Fsp3) is 0.481. The number of hydrogen-bond acceptors (Lipinski definition) is 4. The molecule has 1 amide bonds. The molecule has 5 heteroatoms. The van der Waals surface area contributed by atoms with Gasteiger partial charge in [-0.1, -0.05) is 42.8 Å². The zero-order valence-electron chi connectivity index (χ0n) is 20.2. The highest BCUT2D eigenvalue weighted by molar-refractivity contribution is 6.03. The van der Waals surface area contributed by atoms with Crippen LogP contribution in [0.5, 0.6) is 0 Å². The first-order chi connectivity index (χ1) is 15.4. The van der Waals surface area contributed by atoms with Gasteiger partial charge < -0.3 is 4.90 Å². The van der Waals surface area contributed by atoms with Crippen LogP contribution in [0.15, 0.2) is 41.5 Å². The predicted molar refractivity (Wildman–Crippen MR) is 131 cm³/mol. The Kier molecular flexibility index (Phi) is 6.77. The van der Waals surface area contributed by atoms with Crippen LogP contribution in [0.25, 0.3) is 0 Å². The van der Waals surface area contributed by atoms with Gasteiger partial charge >= 0.3 is 0 Å². The molecular weight excluding hydrogens is 396 g/mol. The first kappa shape index (κ1) is 22.7. The van der Waals surface area contributed by atoms with Gasteiger partial charge in [0.2, 0.25) is 0 Å². The highest BCUT2D eigenvalue weighted by atomic mass is 16.2. The van der Waals surface area contributed by atoms with Crippen molar-refractivity contribution in [3.63, 3.8) is 0 Å². The van der Waals surface area contributed by atoms with E-state index in [-0.39, 0.29) is 11.9 Å². The average molecular weight is 433 g/mol. The van der Waals surface area contributed by atoms with Crippen LogP contribution in [-0.2, 0) is 4.79 Å². The Morgan fingerprint density at radius 3 is 2.28 bits per heavy atom. The third-order valence-corrected chi connectivity index (χ3v) is 7.07. The third kappa shape index (κ3) is 4.79. The van der Waals surface area contributed by atoms with E-state index in [2.05, 4.69) is 80.8 Å². The minimum absolute atomic E-state index is 0.0454. The maximum absolute atomic E-state index is 13.5. The average Bonchev–Trinajstić information content (AvgIpc) is 3.23. The Balaban J connectivity index is 1.61. The zero-order chi connectivity index (χ0) is 22.8. The van der Waals surface area contributed by atoms with Crippen LogP contribution in [0, 0.1) is 27.7 Å².